The summed E-state index contributed by atoms with van der Waals surface area (Å²) in [5.74, 6) is 0.460. The highest BCUT2D eigenvalue weighted by molar-refractivity contribution is 7.99. The second kappa shape index (κ2) is 9.08. The third-order valence-electron chi connectivity index (χ3n) is 2.86. The van der Waals surface area contributed by atoms with Gasteiger partial charge in [0.2, 0.25) is 0 Å². The van der Waals surface area contributed by atoms with E-state index in [1.807, 2.05) is 0 Å². The topological polar surface area (TPSA) is 54.0 Å². The highest BCUT2D eigenvalue weighted by Crippen LogP contribution is 2.17. The molecular formula is C14H22ClN3OS. The van der Waals surface area contributed by atoms with Crippen LogP contribution in [0, 0.1) is 0 Å². The molecule has 1 amide bonds. The van der Waals surface area contributed by atoms with Gasteiger partial charge in [0.05, 0.1) is 5.02 Å². The number of anilines is 1. The van der Waals surface area contributed by atoms with Gasteiger partial charge in [-0.25, -0.2) is 4.98 Å². The molecule has 1 atom stereocenters. The Bertz CT molecular complexity index is 442. The molecule has 0 aromatic carbocycles. The quantitative estimate of drug-likeness (QED) is 0.771. The fraction of sp³-hybridized carbons (Fsp3) is 0.571. The first-order valence-electron chi connectivity index (χ1n) is 6.79. The van der Waals surface area contributed by atoms with Gasteiger partial charge in [-0.3, -0.25) is 4.79 Å². The maximum Gasteiger partial charge on any atom is 0.271 e. The van der Waals surface area contributed by atoms with E-state index in [4.69, 9.17) is 11.6 Å². The van der Waals surface area contributed by atoms with E-state index in [-0.39, 0.29) is 11.6 Å². The van der Waals surface area contributed by atoms with E-state index in [1.54, 1.807) is 23.9 Å². The lowest BCUT2D eigenvalue weighted by Crippen LogP contribution is -2.27. The summed E-state index contributed by atoms with van der Waals surface area (Å²) in [7, 11) is 0. The number of carbonyl (C=O) groups is 1. The number of aromatic nitrogens is 1. The Morgan fingerprint density at radius 3 is 2.85 bits per heavy atom. The van der Waals surface area contributed by atoms with Crippen LogP contribution >= 0.6 is 23.4 Å². The van der Waals surface area contributed by atoms with Crippen LogP contribution in [0.5, 0.6) is 0 Å². The van der Waals surface area contributed by atoms with Gasteiger partial charge in [0.1, 0.15) is 11.5 Å². The van der Waals surface area contributed by atoms with Crippen LogP contribution in [0.25, 0.3) is 0 Å². The minimum absolute atomic E-state index is 0.219. The van der Waals surface area contributed by atoms with E-state index in [2.05, 4.69) is 35.7 Å². The molecule has 1 aromatic heterocycles. The summed E-state index contributed by atoms with van der Waals surface area (Å²) in [4.78, 5) is 16.3. The zero-order valence-electron chi connectivity index (χ0n) is 12.2. The molecule has 0 fully saturated rings. The van der Waals surface area contributed by atoms with Crippen molar-refractivity contribution >= 4 is 35.1 Å². The van der Waals surface area contributed by atoms with E-state index in [9.17, 15) is 4.79 Å². The lowest BCUT2D eigenvalue weighted by atomic mass is 10.3. The average molecular weight is 316 g/mol. The predicted molar refractivity (Wildman–Crippen MR) is 88.0 cm³/mol. The van der Waals surface area contributed by atoms with Crippen LogP contribution in [0.15, 0.2) is 12.1 Å². The van der Waals surface area contributed by atoms with Crippen molar-refractivity contribution in [2.24, 2.45) is 0 Å². The van der Waals surface area contributed by atoms with Crippen molar-refractivity contribution in [2.45, 2.75) is 31.9 Å². The maximum absolute atomic E-state index is 12.1. The van der Waals surface area contributed by atoms with E-state index < -0.39 is 0 Å². The molecule has 1 rings (SSSR count). The smallest absolute Gasteiger partial charge is 0.271 e. The average Bonchev–Trinajstić information content (AvgIpc) is 2.45. The Kier molecular flexibility index (Phi) is 7.77. The van der Waals surface area contributed by atoms with Crippen LogP contribution in [-0.2, 0) is 0 Å². The molecule has 0 aliphatic rings. The van der Waals surface area contributed by atoms with Gasteiger partial charge in [-0.2, -0.15) is 11.8 Å². The molecule has 1 aromatic rings. The van der Waals surface area contributed by atoms with Gasteiger partial charge in [0.15, 0.2) is 0 Å². The van der Waals surface area contributed by atoms with Crippen molar-refractivity contribution in [1.29, 1.82) is 0 Å². The number of rotatable bonds is 8. The first-order chi connectivity index (χ1) is 9.58. The van der Waals surface area contributed by atoms with Crippen molar-refractivity contribution in [1.82, 2.24) is 10.3 Å². The molecule has 0 radical (unpaired) electrons. The number of pyridine rings is 1. The molecule has 1 heterocycles. The Hall–Kier alpha value is -0.940. The Labute approximate surface area is 130 Å². The number of nitrogens with zero attached hydrogens (tertiary/aromatic N) is 1. The molecule has 1 unspecified atom stereocenters. The molecule has 0 spiro atoms. The molecule has 112 valence electrons. The van der Waals surface area contributed by atoms with Gasteiger partial charge in [-0.05, 0) is 31.2 Å². The maximum atomic E-state index is 12.1. The number of hydrogen-bond acceptors (Lipinski definition) is 4. The first kappa shape index (κ1) is 17.1. The normalized spacial score (nSPS) is 12.0. The lowest BCUT2D eigenvalue weighted by molar-refractivity contribution is 0.0948. The Morgan fingerprint density at radius 2 is 2.20 bits per heavy atom. The van der Waals surface area contributed by atoms with Crippen molar-refractivity contribution in [3.8, 4) is 0 Å². The zero-order chi connectivity index (χ0) is 15.0. The van der Waals surface area contributed by atoms with Crippen LogP contribution in [0.2, 0.25) is 5.02 Å². The molecule has 4 nitrogen and oxygen atoms in total. The molecule has 2 N–H and O–H groups in total. The van der Waals surface area contributed by atoms with Gasteiger partial charge >= 0.3 is 0 Å². The summed E-state index contributed by atoms with van der Waals surface area (Å²) in [6, 6.07) is 3.48. The van der Waals surface area contributed by atoms with E-state index in [1.165, 1.54) is 0 Å². The van der Waals surface area contributed by atoms with Crippen molar-refractivity contribution < 1.29 is 4.79 Å². The SMILES string of the molecule is CCCNc1ccc(Cl)c(C(=O)NCCC(C)SC)n1. The minimum Gasteiger partial charge on any atom is -0.370 e. The van der Waals surface area contributed by atoms with Crippen LogP contribution in [0.3, 0.4) is 0 Å². The van der Waals surface area contributed by atoms with Crippen molar-refractivity contribution in [2.75, 3.05) is 24.7 Å². The van der Waals surface area contributed by atoms with Crippen LogP contribution in [0.1, 0.15) is 37.2 Å². The van der Waals surface area contributed by atoms with Gasteiger partial charge in [-0.1, -0.05) is 25.4 Å². The fourth-order valence-electron chi connectivity index (χ4n) is 1.54. The fourth-order valence-corrected chi connectivity index (χ4v) is 2.09. The van der Waals surface area contributed by atoms with Crippen molar-refractivity contribution in [3.05, 3.63) is 22.8 Å². The summed E-state index contributed by atoms with van der Waals surface area (Å²) in [5.41, 5.74) is 0.282. The molecular weight excluding hydrogens is 294 g/mol. The summed E-state index contributed by atoms with van der Waals surface area (Å²) in [5, 5.41) is 6.91. The third-order valence-corrected chi connectivity index (χ3v) is 4.20. The van der Waals surface area contributed by atoms with Gasteiger partial charge in [0, 0.05) is 18.3 Å². The monoisotopic (exact) mass is 315 g/mol. The molecule has 0 saturated heterocycles. The van der Waals surface area contributed by atoms with Gasteiger partial charge in [0.25, 0.3) is 5.91 Å². The van der Waals surface area contributed by atoms with Crippen LogP contribution in [-0.4, -0.2) is 35.5 Å². The number of halogens is 1. The molecule has 0 aliphatic heterocycles. The number of thioether (sulfide) groups is 1. The number of carbonyl (C=O) groups excluding carboxylic acids is 1. The highest BCUT2D eigenvalue weighted by atomic mass is 35.5. The molecule has 20 heavy (non-hydrogen) atoms. The number of amides is 1. The van der Waals surface area contributed by atoms with Gasteiger partial charge in [-0.15, -0.1) is 0 Å². The van der Waals surface area contributed by atoms with Crippen LogP contribution < -0.4 is 10.6 Å². The lowest BCUT2D eigenvalue weighted by Gasteiger charge is -2.11. The van der Waals surface area contributed by atoms with Gasteiger partial charge < -0.3 is 10.6 Å². The largest absolute Gasteiger partial charge is 0.370 e. The van der Waals surface area contributed by atoms with Crippen molar-refractivity contribution in [3.63, 3.8) is 0 Å². The number of nitrogens with one attached hydrogen (secondary N) is 2. The standard InChI is InChI=1S/C14H22ClN3OS/c1-4-8-16-12-6-5-11(15)13(18-12)14(19)17-9-7-10(2)20-3/h5-6,10H,4,7-9H2,1-3H3,(H,16,18)(H,17,19). The zero-order valence-corrected chi connectivity index (χ0v) is 13.8. The summed E-state index contributed by atoms with van der Waals surface area (Å²) in [6.07, 6.45) is 3.99. The van der Waals surface area contributed by atoms with E-state index >= 15 is 0 Å². The predicted octanol–water partition coefficient (Wildman–Crippen LogP) is 3.43. The Balaban J connectivity index is 2.61. The van der Waals surface area contributed by atoms with E-state index in [0.717, 1.165) is 19.4 Å². The first-order valence-corrected chi connectivity index (χ1v) is 8.46. The van der Waals surface area contributed by atoms with Crippen LogP contribution in [0.4, 0.5) is 5.82 Å². The second-order valence-electron chi connectivity index (χ2n) is 4.54. The molecule has 6 heteroatoms. The summed E-state index contributed by atoms with van der Waals surface area (Å²) >= 11 is 7.82. The van der Waals surface area contributed by atoms with E-state index in [0.29, 0.717) is 22.6 Å². The summed E-state index contributed by atoms with van der Waals surface area (Å²) < 4.78 is 0. The highest BCUT2D eigenvalue weighted by Gasteiger charge is 2.13. The second-order valence-corrected chi connectivity index (χ2v) is 6.23. The minimum atomic E-state index is -0.219. The molecule has 0 aliphatic carbocycles. The third kappa shape index (κ3) is 5.59. The molecule has 0 bridgehead atoms. The molecule has 0 saturated carbocycles. The summed E-state index contributed by atoms with van der Waals surface area (Å²) in [6.45, 7) is 5.66. The Morgan fingerprint density at radius 1 is 1.45 bits per heavy atom. The number of hydrogen-bond donors (Lipinski definition) is 2.